The first kappa shape index (κ1) is 43.1. The molecule has 1 N–H and O–H groups in total. The smallest absolute Gasteiger partial charge is 0.240 e. The summed E-state index contributed by atoms with van der Waals surface area (Å²) in [5.74, 6) is 1.41. The van der Waals surface area contributed by atoms with E-state index < -0.39 is 32.6 Å². The van der Waals surface area contributed by atoms with E-state index in [9.17, 15) is 18.0 Å². The van der Waals surface area contributed by atoms with Crippen molar-refractivity contribution in [3.8, 4) is 22.2 Å². The highest BCUT2D eigenvalue weighted by atomic mass is 35.5. The Morgan fingerprint density at radius 3 is 2.52 bits per heavy atom. The van der Waals surface area contributed by atoms with E-state index in [1.54, 1.807) is 6.08 Å². The van der Waals surface area contributed by atoms with Crippen LogP contribution in [-0.4, -0.2) is 123 Å². The summed E-state index contributed by atoms with van der Waals surface area (Å²) in [6.07, 6.45) is 7.10. The largest absolute Gasteiger partial charge is 0.491 e. The van der Waals surface area contributed by atoms with Crippen LogP contribution in [0.1, 0.15) is 83.2 Å². The van der Waals surface area contributed by atoms with Crippen molar-refractivity contribution in [2.24, 2.45) is 23.2 Å². The standard InChI is InChI=1S/C45H58ClN5O8S2/c1-4-30-23-45(30,44(53)49-61(54,55)31-6-7-31)24-37(52)36-22-40(35-9-5-29(25-51(35)36)28-11-16-56-17-12-28)59-39-21-33(43-48-34(26-60-43)27(2)3)47-42-32(39)8-10-38(41(42)46)58-20-15-50-13-18-57-19-14-50/h4,8,10,21,26-31,35-36,40H,1,5-7,9,11-20,22-25H2,2-3H3,(H,49,53)/t29-,30+,35+,36-,40+,45+/m0/s1. The van der Waals surface area contributed by atoms with Crippen LogP contribution in [0.4, 0.5) is 0 Å². The number of allylic oxidation sites excluding steroid dienone is 1. The lowest BCUT2D eigenvalue weighted by atomic mass is 9.79. The van der Waals surface area contributed by atoms with E-state index in [1.807, 2.05) is 18.2 Å². The number of rotatable bonds is 16. The molecule has 3 aromatic rings. The zero-order valence-electron chi connectivity index (χ0n) is 35.2. The first-order valence-corrected chi connectivity index (χ1v) is 25.0. The van der Waals surface area contributed by atoms with Crippen LogP contribution < -0.4 is 14.2 Å². The number of pyridine rings is 1. The summed E-state index contributed by atoms with van der Waals surface area (Å²) in [7, 11) is -3.78. The second-order valence-electron chi connectivity index (χ2n) is 18.3. The molecule has 2 saturated carbocycles. The van der Waals surface area contributed by atoms with E-state index >= 15 is 0 Å². The lowest BCUT2D eigenvalue weighted by Crippen LogP contribution is -2.51. The highest BCUT2D eigenvalue weighted by molar-refractivity contribution is 7.90. The average molecular weight is 897 g/mol. The van der Waals surface area contributed by atoms with Gasteiger partial charge in [-0.25, -0.2) is 18.4 Å². The molecule has 61 heavy (non-hydrogen) atoms. The Kier molecular flexibility index (Phi) is 12.6. The van der Waals surface area contributed by atoms with Gasteiger partial charge in [0.15, 0.2) is 5.78 Å². The Labute approximate surface area is 367 Å². The van der Waals surface area contributed by atoms with Crippen LogP contribution >= 0.6 is 22.9 Å². The highest BCUT2D eigenvalue weighted by Gasteiger charge is 2.62. The third-order valence-corrected chi connectivity index (χ3v) is 17.1. The van der Waals surface area contributed by atoms with E-state index in [2.05, 4.69) is 40.3 Å². The molecule has 1 aromatic carbocycles. The lowest BCUT2D eigenvalue weighted by molar-refractivity contribution is -0.132. The molecule has 6 heterocycles. The third-order valence-electron chi connectivity index (χ3n) is 14.1. The number of sulfonamides is 1. The Hall–Kier alpha value is -3.18. The minimum absolute atomic E-state index is 0.0446. The van der Waals surface area contributed by atoms with Crippen molar-refractivity contribution >= 4 is 55.6 Å². The van der Waals surface area contributed by atoms with Gasteiger partial charge in [0.2, 0.25) is 15.9 Å². The van der Waals surface area contributed by atoms with Crippen LogP contribution in [0.3, 0.4) is 0 Å². The van der Waals surface area contributed by atoms with Crippen molar-refractivity contribution in [2.45, 2.75) is 101 Å². The Morgan fingerprint density at radius 1 is 1.05 bits per heavy atom. The van der Waals surface area contributed by atoms with Crippen LogP contribution in [-0.2, 0) is 29.1 Å². The summed E-state index contributed by atoms with van der Waals surface area (Å²) in [6, 6.07) is 5.24. The average Bonchev–Trinajstić information content (AvgIpc) is 4.16. The summed E-state index contributed by atoms with van der Waals surface area (Å²) >= 11 is 8.71. The number of Topliss-reactive ketones (excluding diaryl/α,β-unsaturated/α-hetero) is 1. The maximum atomic E-state index is 14.8. The SMILES string of the molecule is C=C[C@@H]1C[C@]1(CC(=O)[C@@H]1C[C@@H](Oc2cc(-c3nc(C(C)C)cs3)nc3c(Cl)c(OCCN4CCOCC4)ccc23)[C@H]2CC[C@H](C3CCOCC3)CN21)C(=O)NS(=O)(=O)C1CC1. The molecule has 0 unspecified atom stereocenters. The molecule has 16 heteroatoms. The van der Waals surface area contributed by atoms with Crippen LogP contribution in [0.2, 0.25) is 5.02 Å². The van der Waals surface area contributed by atoms with Gasteiger partial charge in [-0.15, -0.1) is 17.9 Å². The van der Waals surface area contributed by atoms with Crippen molar-refractivity contribution in [2.75, 3.05) is 59.2 Å². The molecular formula is C45H58ClN5O8S2. The summed E-state index contributed by atoms with van der Waals surface area (Å²) in [5.41, 5.74) is 1.07. The van der Waals surface area contributed by atoms with Gasteiger partial charge in [0, 0.05) is 75.1 Å². The zero-order chi connectivity index (χ0) is 42.5. The molecule has 330 valence electrons. The molecule has 6 fully saturated rings. The second kappa shape index (κ2) is 17.8. The fourth-order valence-corrected chi connectivity index (χ4v) is 12.7. The molecule has 2 aliphatic carbocycles. The number of ether oxygens (including phenoxy) is 4. The number of piperidine rings is 1. The fraction of sp³-hybridized carbons (Fsp3) is 0.644. The quantitative estimate of drug-likeness (QED) is 0.154. The molecule has 6 aliphatic rings. The number of amides is 1. The first-order chi connectivity index (χ1) is 29.4. The number of hydrogen-bond acceptors (Lipinski definition) is 13. The van der Waals surface area contributed by atoms with Gasteiger partial charge in [-0.05, 0) is 80.8 Å². The number of hydrogen-bond donors (Lipinski definition) is 1. The first-order valence-electron chi connectivity index (χ1n) is 22.2. The van der Waals surface area contributed by atoms with Crippen LogP contribution in [0, 0.1) is 23.2 Å². The monoisotopic (exact) mass is 895 g/mol. The van der Waals surface area contributed by atoms with E-state index in [0.29, 0.717) is 85.1 Å². The number of ketones is 1. The molecule has 0 radical (unpaired) electrons. The summed E-state index contributed by atoms with van der Waals surface area (Å²) in [5, 5.41) is 3.43. The summed E-state index contributed by atoms with van der Waals surface area (Å²) < 4.78 is 52.8. The normalized spacial score (nSPS) is 28.8. The van der Waals surface area contributed by atoms with E-state index in [1.165, 1.54) is 11.3 Å². The number of carbonyl (C=O) groups is 2. The van der Waals surface area contributed by atoms with Crippen LogP contribution in [0.5, 0.6) is 11.5 Å². The van der Waals surface area contributed by atoms with E-state index in [4.69, 9.17) is 40.5 Å². The van der Waals surface area contributed by atoms with Gasteiger partial charge in [-0.2, -0.15) is 0 Å². The van der Waals surface area contributed by atoms with E-state index in [-0.39, 0.29) is 36.2 Å². The lowest BCUT2D eigenvalue weighted by Gasteiger charge is -2.42. The van der Waals surface area contributed by atoms with Crippen molar-refractivity contribution in [1.82, 2.24) is 24.5 Å². The molecule has 0 bridgehead atoms. The topological polar surface area (TPSA) is 149 Å². The molecule has 1 amide bonds. The van der Waals surface area contributed by atoms with Crippen molar-refractivity contribution in [1.29, 1.82) is 0 Å². The molecule has 4 aliphatic heterocycles. The summed E-state index contributed by atoms with van der Waals surface area (Å²) in [6.45, 7) is 14.8. The van der Waals surface area contributed by atoms with Gasteiger partial charge in [0.05, 0.1) is 41.1 Å². The van der Waals surface area contributed by atoms with Gasteiger partial charge >= 0.3 is 0 Å². The number of fused-ring (bicyclic) bond motifs is 2. The number of morpholine rings is 1. The minimum atomic E-state index is -3.78. The Morgan fingerprint density at radius 2 is 1.82 bits per heavy atom. The number of thiazole rings is 1. The Balaban J connectivity index is 1.02. The predicted molar refractivity (Wildman–Crippen MR) is 235 cm³/mol. The molecule has 4 saturated heterocycles. The van der Waals surface area contributed by atoms with Crippen molar-refractivity contribution in [3.05, 3.63) is 47.0 Å². The maximum Gasteiger partial charge on any atom is 0.240 e. The van der Waals surface area contributed by atoms with Gasteiger partial charge in [0.25, 0.3) is 0 Å². The van der Waals surface area contributed by atoms with Crippen molar-refractivity contribution < 1.29 is 37.0 Å². The molecule has 6 atom stereocenters. The zero-order valence-corrected chi connectivity index (χ0v) is 37.6. The molecule has 2 aromatic heterocycles. The fourth-order valence-electron chi connectivity index (χ4n) is 10.1. The van der Waals surface area contributed by atoms with Crippen LogP contribution in [0.15, 0.2) is 36.2 Å². The number of nitrogens with zero attached hydrogens (tertiary/aromatic N) is 4. The minimum Gasteiger partial charge on any atom is -0.491 e. The number of nitrogens with one attached hydrogen (secondary N) is 1. The number of carbonyl (C=O) groups excluding carboxylic acids is 2. The molecular weight excluding hydrogens is 838 g/mol. The maximum absolute atomic E-state index is 14.8. The Bertz CT molecular complexity index is 2240. The number of aromatic nitrogens is 2. The molecule has 13 nitrogen and oxygen atoms in total. The van der Waals surface area contributed by atoms with Gasteiger partial charge in [-0.1, -0.05) is 31.5 Å². The van der Waals surface area contributed by atoms with Gasteiger partial charge < -0.3 is 18.9 Å². The predicted octanol–water partition coefficient (Wildman–Crippen LogP) is 6.63. The van der Waals surface area contributed by atoms with Gasteiger partial charge in [0.1, 0.15) is 39.9 Å². The summed E-state index contributed by atoms with van der Waals surface area (Å²) in [4.78, 5) is 43.2. The molecule has 9 rings (SSSR count). The van der Waals surface area contributed by atoms with Crippen molar-refractivity contribution in [3.63, 3.8) is 0 Å². The van der Waals surface area contributed by atoms with Crippen LogP contribution in [0.25, 0.3) is 21.6 Å². The van der Waals surface area contributed by atoms with Gasteiger partial charge in [-0.3, -0.25) is 24.1 Å². The highest BCUT2D eigenvalue weighted by Crippen LogP contribution is 2.57. The number of benzene rings is 1. The number of halogens is 1. The second-order valence-corrected chi connectivity index (χ2v) is 21.5. The molecule has 0 spiro atoms. The third kappa shape index (κ3) is 8.99. The van der Waals surface area contributed by atoms with E-state index in [0.717, 1.165) is 81.2 Å².